The van der Waals surface area contributed by atoms with Gasteiger partial charge in [-0.25, -0.2) is 4.39 Å². The average Bonchev–Trinajstić information content (AvgIpc) is 2.27. The summed E-state index contributed by atoms with van der Waals surface area (Å²) in [5.41, 5.74) is 6.44. The van der Waals surface area contributed by atoms with Gasteiger partial charge in [0.1, 0.15) is 5.82 Å². The molecule has 0 unspecified atom stereocenters. The molecule has 1 aromatic rings. The van der Waals surface area contributed by atoms with E-state index in [4.69, 9.17) is 5.73 Å². The number of likely N-dealkylation sites (N-methyl/N-ethyl adjacent to an activating group) is 1. The van der Waals surface area contributed by atoms with Gasteiger partial charge in [0.15, 0.2) is 0 Å². The Balaban J connectivity index is 2.70. The number of carbonyl (C=O) groups is 1. The van der Waals surface area contributed by atoms with Crippen LogP contribution in [0.2, 0.25) is 0 Å². The Bertz CT molecular complexity index is 349. The maximum atomic E-state index is 12.7. The van der Waals surface area contributed by atoms with Gasteiger partial charge in [-0.3, -0.25) is 4.79 Å². The molecule has 88 valence electrons. The topological polar surface area (TPSA) is 46.3 Å². The molecule has 0 saturated carbocycles. The molecule has 1 rings (SSSR count). The standard InChI is InChI=1S/C12H17FN2O/c1-3-15(12(16)9(2)14)8-10-4-6-11(13)7-5-10/h4-7,9H,3,8,14H2,1-2H3/t9-/m0/s1. The van der Waals surface area contributed by atoms with E-state index in [0.717, 1.165) is 5.56 Å². The molecule has 2 N–H and O–H groups in total. The van der Waals surface area contributed by atoms with Gasteiger partial charge >= 0.3 is 0 Å². The van der Waals surface area contributed by atoms with E-state index >= 15 is 0 Å². The Hall–Kier alpha value is -1.42. The van der Waals surface area contributed by atoms with Crippen LogP contribution in [0.4, 0.5) is 4.39 Å². The molecular formula is C12H17FN2O. The lowest BCUT2D eigenvalue weighted by molar-refractivity contribution is -0.132. The zero-order valence-corrected chi connectivity index (χ0v) is 9.61. The van der Waals surface area contributed by atoms with Crippen LogP contribution in [0.5, 0.6) is 0 Å². The van der Waals surface area contributed by atoms with Gasteiger partial charge in [0.25, 0.3) is 0 Å². The highest BCUT2D eigenvalue weighted by Crippen LogP contribution is 2.07. The normalized spacial score (nSPS) is 12.2. The fourth-order valence-corrected chi connectivity index (χ4v) is 1.44. The van der Waals surface area contributed by atoms with E-state index in [1.165, 1.54) is 12.1 Å². The summed E-state index contributed by atoms with van der Waals surface area (Å²) in [5.74, 6) is -0.364. The highest BCUT2D eigenvalue weighted by molar-refractivity contribution is 5.81. The van der Waals surface area contributed by atoms with Crippen LogP contribution in [-0.2, 0) is 11.3 Å². The van der Waals surface area contributed by atoms with Crippen LogP contribution in [-0.4, -0.2) is 23.4 Å². The monoisotopic (exact) mass is 224 g/mol. The van der Waals surface area contributed by atoms with Crippen molar-refractivity contribution in [2.75, 3.05) is 6.54 Å². The zero-order chi connectivity index (χ0) is 12.1. The van der Waals surface area contributed by atoms with Gasteiger partial charge in [0, 0.05) is 13.1 Å². The molecule has 0 radical (unpaired) electrons. The molecule has 4 heteroatoms. The molecule has 1 amide bonds. The van der Waals surface area contributed by atoms with Crippen LogP contribution in [0, 0.1) is 5.82 Å². The van der Waals surface area contributed by atoms with Crippen molar-refractivity contribution in [3.8, 4) is 0 Å². The minimum absolute atomic E-state index is 0.0909. The highest BCUT2D eigenvalue weighted by Gasteiger charge is 2.15. The summed E-state index contributed by atoms with van der Waals surface area (Å²) >= 11 is 0. The van der Waals surface area contributed by atoms with Crippen molar-refractivity contribution in [3.63, 3.8) is 0 Å². The molecular weight excluding hydrogens is 207 g/mol. The maximum absolute atomic E-state index is 12.7. The number of amides is 1. The number of hydrogen-bond donors (Lipinski definition) is 1. The van der Waals surface area contributed by atoms with Gasteiger partial charge in [0.2, 0.25) is 5.91 Å². The summed E-state index contributed by atoms with van der Waals surface area (Å²) < 4.78 is 12.7. The average molecular weight is 224 g/mol. The van der Waals surface area contributed by atoms with Crippen molar-refractivity contribution in [1.29, 1.82) is 0 Å². The van der Waals surface area contributed by atoms with Crippen molar-refractivity contribution in [2.24, 2.45) is 5.73 Å². The summed E-state index contributed by atoms with van der Waals surface area (Å²) in [4.78, 5) is 13.3. The van der Waals surface area contributed by atoms with Gasteiger partial charge in [-0.05, 0) is 31.5 Å². The van der Waals surface area contributed by atoms with E-state index in [1.807, 2.05) is 6.92 Å². The van der Waals surface area contributed by atoms with Gasteiger partial charge in [-0.2, -0.15) is 0 Å². The fraction of sp³-hybridized carbons (Fsp3) is 0.417. The number of nitrogens with two attached hydrogens (primary N) is 1. The second-order valence-electron chi connectivity index (χ2n) is 3.77. The Morgan fingerprint density at radius 1 is 1.44 bits per heavy atom. The van der Waals surface area contributed by atoms with E-state index in [-0.39, 0.29) is 11.7 Å². The van der Waals surface area contributed by atoms with Gasteiger partial charge in [-0.15, -0.1) is 0 Å². The molecule has 0 heterocycles. The highest BCUT2D eigenvalue weighted by atomic mass is 19.1. The van der Waals surface area contributed by atoms with Crippen molar-refractivity contribution < 1.29 is 9.18 Å². The third-order valence-electron chi connectivity index (χ3n) is 2.37. The SMILES string of the molecule is CCN(Cc1ccc(F)cc1)C(=O)[C@H](C)N. The lowest BCUT2D eigenvalue weighted by Gasteiger charge is -2.22. The molecule has 0 saturated heterocycles. The summed E-state index contributed by atoms with van der Waals surface area (Å²) in [5, 5.41) is 0. The quantitative estimate of drug-likeness (QED) is 0.842. The molecule has 0 aromatic heterocycles. The van der Waals surface area contributed by atoms with Gasteiger partial charge in [0.05, 0.1) is 6.04 Å². The van der Waals surface area contributed by atoms with E-state index in [2.05, 4.69) is 0 Å². The summed E-state index contributed by atoms with van der Waals surface area (Å²) in [6.45, 7) is 4.62. The molecule has 1 aromatic carbocycles. The summed E-state index contributed by atoms with van der Waals surface area (Å²) in [7, 11) is 0. The Morgan fingerprint density at radius 2 is 2.00 bits per heavy atom. The zero-order valence-electron chi connectivity index (χ0n) is 9.61. The molecule has 0 bridgehead atoms. The van der Waals surface area contributed by atoms with Gasteiger partial charge in [-0.1, -0.05) is 12.1 Å². The van der Waals surface area contributed by atoms with Crippen LogP contribution in [0.1, 0.15) is 19.4 Å². The van der Waals surface area contributed by atoms with E-state index in [0.29, 0.717) is 13.1 Å². The predicted molar refractivity (Wildman–Crippen MR) is 61.1 cm³/mol. The smallest absolute Gasteiger partial charge is 0.239 e. The number of benzene rings is 1. The lowest BCUT2D eigenvalue weighted by Crippen LogP contribution is -2.41. The minimum atomic E-state index is -0.500. The molecule has 0 fully saturated rings. The number of carbonyl (C=O) groups excluding carboxylic acids is 1. The number of nitrogens with zero attached hydrogens (tertiary/aromatic N) is 1. The molecule has 0 aliphatic rings. The van der Waals surface area contributed by atoms with E-state index < -0.39 is 6.04 Å². The second kappa shape index (κ2) is 5.61. The Kier molecular flexibility index (Phi) is 4.43. The lowest BCUT2D eigenvalue weighted by atomic mass is 10.2. The minimum Gasteiger partial charge on any atom is -0.337 e. The third-order valence-corrected chi connectivity index (χ3v) is 2.37. The predicted octanol–water partition coefficient (Wildman–Crippen LogP) is 1.52. The molecule has 1 atom stereocenters. The van der Waals surface area contributed by atoms with Crippen molar-refractivity contribution in [2.45, 2.75) is 26.4 Å². The molecule has 0 aliphatic carbocycles. The second-order valence-corrected chi connectivity index (χ2v) is 3.77. The largest absolute Gasteiger partial charge is 0.337 e. The van der Waals surface area contributed by atoms with Crippen LogP contribution in [0.25, 0.3) is 0 Å². The van der Waals surface area contributed by atoms with Crippen LogP contribution in [0.15, 0.2) is 24.3 Å². The van der Waals surface area contributed by atoms with Crippen molar-refractivity contribution >= 4 is 5.91 Å². The van der Waals surface area contributed by atoms with Crippen molar-refractivity contribution in [3.05, 3.63) is 35.6 Å². The first-order valence-electron chi connectivity index (χ1n) is 5.33. The first-order chi connectivity index (χ1) is 7.54. The number of hydrogen-bond acceptors (Lipinski definition) is 2. The fourth-order valence-electron chi connectivity index (χ4n) is 1.44. The number of halogens is 1. The molecule has 16 heavy (non-hydrogen) atoms. The first kappa shape index (κ1) is 12.6. The summed E-state index contributed by atoms with van der Waals surface area (Å²) in [6, 6.07) is 5.62. The first-order valence-corrected chi connectivity index (χ1v) is 5.33. The molecule has 0 spiro atoms. The maximum Gasteiger partial charge on any atom is 0.239 e. The van der Waals surface area contributed by atoms with Crippen LogP contribution < -0.4 is 5.73 Å². The van der Waals surface area contributed by atoms with Crippen LogP contribution >= 0.6 is 0 Å². The molecule has 0 aliphatic heterocycles. The Morgan fingerprint density at radius 3 is 2.44 bits per heavy atom. The third kappa shape index (κ3) is 3.31. The molecule has 3 nitrogen and oxygen atoms in total. The van der Waals surface area contributed by atoms with E-state index in [9.17, 15) is 9.18 Å². The Labute approximate surface area is 95.0 Å². The summed E-state index contributed by atoms with van der Waals surface area (Å²) in [6.07, 6.45) is 0. The van der Waals surface area contributed by atoms with Crippen LogP contribution in [0.3, 0.4) is 0 Å². The van der Waals surface area contributed by atoms with E-state index in [1.54, 1.807) is 24.0 Å². The van der Waals surface area contributed by atoms with Gasteiger partial charge < -0.3 is 10.6 Å². The van der Waals surface area contributed by atoms with Crippen molar-refractivity contribution in [1.82, 2.24) is 4.90 Å². The number of rotatable bonds is 4.